The van der Waals surface area contributed by atoms with Crippen molar-refractivity contribution in [1.29, 1.82) is 0 Å². The van der Waals surface area contributed by atoms with Gasteiger partial charge in [0.2, 0.25) is 0 Å². The van der Waals surface area contributed by atoms with E-state index in [2.05, 4.69) is 12.0 Å². The summed E-state index contributed by atoms with van der Waals surface area (Å²) < 4.78 is 1.85. The lowest BCUT2D eigenvalue weighted by Crippen LogP contribution is -2.38. The van der Waals surface area contributed by atoms with Crippen LogP contribution >= 0.6 is 0 Å². The summed E-state index contributed by atoms with van der Waals surface area (Å²) in [5.74, 6) is -0.0566. The lowest BCUT2D eigenvalue weighted by molar-refractivity contribution is 0.0699. The van der Waals surface area contributed by atoms with Crippen molar-refractivity contribution in [2.45, 2.75) is 32.9 Å². The van der Waals surface area contributed by atoms with Crippen LogP contribution in [0.25, 0.3) is 0 Å². The minimum Gasteiger partial charge on any atom is -0.394 e. The molecule has 0 aromatic carbocycles. The molecule has 2 heterocycles. The van der Waals surface area contributed by atoms with Crippen molar-refractivity contribution in [3.63, 3.8) is 0 Å². The third-order valence-corrected chi connectivity index (χ3v) is 3.28. The fourth-order valence-corrected chi connectivity index (χ4v) is 2.21. The van der Waals surface area contributed by atoms with E-state index in [9.17, 15) is 9.90 Å². The summed E-state index contributed by atoms with van der Waals surface area (Å²) in [4.78, 5) is 14.0. The van der Waals surface area contributed by atoms with E-state index >= 15 is 0 Å². The summed E-state index contributed by atoms with van der Waals surface area (Å²) in [5, 5.41) is 13.5. The summed E-state index contributed by atoms with van der Waals surface area (Å²) in [5.41, 5.74) is 1.52. The standard InChI is InChI=1S/C13H19N3O2/c1-3-6-16-10(2)12(8-14-16)13(18)15-7-4-5-11(15)9-17/h4-5,8,11,17H,3,6-7,9H2,1-2H3/t11-/m0/s1. The lowest BCUT2D eigenvalue weighted by atomic mass is 10.2. The zero-order valence-corrected chi connectivity index (χ0v) is 10.8. The molecule has 1 atom stereocenters. The number of rotatable bonds is 4. The number of carbonyl (C=O) groups is 1. The number of aryl methyl sites for hydroxylation is 1. The van der Waals surface area contributed by atoms with Gasteiger partial charge in [0, 0.05) is 18.8 Å². The second-order valence-electron chi connectivity index (χ2n) is 4.50. The van der Waals surface area contributed by atoms with Crippen molar-refractivity contribution in [3.8, 4) is 0 Å². The highest BCUT2D eigenvalue weighted by Gasteiger charge is 2.27. The number of carbonyl (C=O) groups excluding carboxylic acids is 1. The van der Waals surface area contributed by atoms with E-state index in [1.807, 2.05) is 23.8 Å². The molecular weight excluding hydrogens is 230 g/mol. The van der Waals surface area contributed by atoms with E-state index in [0.717, 1.165) is 18.7 Å². The Labute approximate surface area is 107 Å². The van der Waals surface area contributed by atoms with Crippen molar-refractivity contribution in [2.75, 3.05) is 13.2 Å². The topological polar surface area (TPSA) is 58.4 Å². The van der Waals surface area contributed by atoms with Crippen molar-refractivity contribution in [2.24, 2.45) is 0 Å². The Kier molecular flexibility index (Phi) is 3.81. The fourth-order valence-electron chi connectivity index (χ4n) is 2.21. The van der Waals surface area contributed by atoms with Crippen LogP contribution < -0.4 is 0 Å². The molecule has 1 aromatic heterocycles. The monoisotopic (exact) mass is 249 g/mol. The van der Waals surface area contributed by atoms with E-state index in [4.69, 9.17) is 0 Å². The van der Waals surface area contributed by atoms with Crippen LogP contribution in [0.5, 0.6) is 0 Å². The van der Waals surface area contributed by atoms with Gasteiger partial charge in [-0.1, -0.05) is 19.1 Å². The molecule has 0 aliphatic carbocycles. The average Bonchev–Trinajstić information content (AvgIpc) is 2.97. The largest absolute Gasteiger partial charge is 0.394 e. The molecule has 0 unspecified atom stereocenters. The minimum absolute atomic E-state index is 0.0373. The van der Waals surface area contributed by atoms with Gasteiger partial charge in [-0.25, -0.2) is 0 Å². The molecule has 1 amide bonds. The van der Waals surface area contributed by atoms with E-state index in [-0.39, 0.29) is 18.6 Å². The van der Waals surface area contributed by atoms with Gasteiger partial charge in [-0.15, -0.1) is 0 Å². The second-order valence-corrected chi connectivity index (χ2v) is 4.50. The van der Waals surface area contributed by atoms with Crippen LogP contribution in [0.4, 0.5) is 0 Å². The van der Waals surface area contributed by atoms with Gasteiger partial charge in [-0.2, -0.15) is 5.10 Å². The molecule has 0 saturated heterocycles. The smallest absolute Gasteiger partial charge is 0.258 e. The normalized spacial score (nSPS) is 18.6. The Morgan fingerprint density at radius 2 is 2.39 bits per heavy atom. The second kappa shape index (κ2) is 5.35. The van der Waals surface area contributed by atoms with Gasteiger partial charge in [-0.3, -0.25) is 9.48 Å². The molecule has 1 aliphatic heterocycles. The van der Waals surface area contributed by atoms with Gasteiger partial charge < -0.3 is 10.0 Å². The first-order valence-electron chi connectivity index (χ1n) is 6.30. The Bertz CT molecular complexity index is 465. The maximum Gasteiger partial charge on any atom is 0.258 e. The number of aliphatic hydroxyl groups is 1. The number of amides is 1. The minimum atomic E-state index is -0.202. The van der Waals surface area contributed by atoms with Crippen LogP contribution in [0.2, 0.25) is 0 Å². The summed E-state index contributed by atoms with van der Waals surface area (Å²) in [6.45, 7) is 5.33. The van der Waals surface area contributed by atoms with Crippen LogP contribution in [0, 0.1) is 6.92 Å². The molecule has 2 rings (SSSR count). The van der Waals surface area contributed by atoms with Crippen LogP contribution in [0.15, 0.2) is 18.3 Å². The van der Waals surface area contributed by atoms with Crippen molar-refractivity contribution < 1.29 is 9.90 Å². The highest BCUT2D eigenvalue weighted by atomic mass is 16.3. The first-order valence-corrected chi connectivity index (χ1v) is 6.30. The van der Waals surface area contributed by atoms with Crippen LogP contribution in [-0.4, -0.2) is 44.9 Å². The third-order valence-electron chi connectivity index (χ3n) is 3.28. The molecule has 98 valence electrons. The number of nitrogens with zero attached hydrogens (tertiary/aromatic N) is 3. The highest BCUT2D eigenvalue weighted by molar-refractivity contribution is 5.95. The van der Waals surface area contributed by atoms with Gasteiger partial charge in [0.1, 0.15) is 0 Å². The number of aromatic nitrogens is 2. The van der Waals surface area contributed by atoms with Crippen molar-refractivity contribution >= 4 is 5.91 Å². The molecule has 0 bridgehead atoms. The third kappa shape index (κ3) is 2.18. The fraction of sp³-hybridized carbons (Fsp3) is 0.538. The number of hydrogen-bond acceptors (Lipinski definition) is 3. The summed E-state index contributed by atoms with van der Waals surface area (Å²) in [6, 6.07) is -0.202. The lowest BCUT2D eigenvalue weighted by Gasteiger charge is -2.22. The summed E-state index contributed by atoms with van der Waals surface area (Å²) in [7, 11) is 0. The molecule has 0 fully saturated rings. The molecule has 1 aromatic rings. The van der Waals surface area contributed by atoms with Gasteiger partial charge in [0.25, 0.3) is 5.91 Å². The van der Waals surface area contributed by atoms with E-state index in [1.165, 1.54) is 0 Å². The SMILES string of the molecule is CCCn1ncc(C(=O)N2CC=C[C@H]2CO)c1C. The summed E-state index contributed by atoms with van der Waals surface area (Å²) in [6.07, 6.45) is 6.38. The van der Waals surface area contributed by atoms with Gasteiger partial charge in [0.15, 0.2) is 0 Å². The average molecular weight is 249 g/mol. The first-order chi connectivity index (χ1) is 8.69. The van der Waals surface area contributed by atoms with E-state index in [0.29, 0.717) is 12.1 Å². The molecular formula is C13H19N3O2. The summed E-state index contributed by atoms with van der Waals surface area (Å²) >= 11 is 0. The zero-order chi connectivity index (χ0) is 13.1. The maximum absolute atomic E-state index is 12.4. The number of hydrogen-bond donors (Lipinski definition) is 1. The Hall–Kier alpha value is -1.62. The van der Waals surface area contributed by atoms with Crippen LogP contribution in [0.1, 0.15) is 29.4 Å². The van der Waals surface area contributed by atoms with E-state index in [1.54, 1.807) is 11.1 Å². The van der Waals surface area contributed by atoms with Gasteiger partial charge >= 0.3 is 0 Å². The molecule has 5 nitrogen and oxygen atoms in total. The van der Waals surface area contributed by atoms with Crippen LogP contribution in [-0.2, 0) is 6.54 Å². The Morgan fingerprint density at radius 1 is 1.61 bits per heavy atom. The number of aliphatic hydroxyl groups excluding tert-OH is 1. The van der Waals surface area contributed by atoms with Gasteiger partial charge in [-0.05, 0) is 13.3 Å². The maximum atomic E-state index is 12.4. The highest BCUT2D eigenvalue weighted by Crippen LogP contribution is 2.17. The predicted octanol–water partition coefficient (Wildman–Crippen LogP) is 0.974. The van der Waals surface area contributed by atoms with Crippen LogP contribution in [0.3, 0.4) is 0 Å². The Balaban J connectivity index is 2.19. The molecule has 5 heteroatoms. The van der Waals surface area contributed by atoms with Crippen molar-refractivity contribution in [3.05, 3.63) is 29.6 Å². The molecule has 1 N–H and O–H groups in total. The predicted molar refractivity (Wildman–Crippen MR) is 68.3 cm³/mol. The quantitative estimate of drug-likeness (QED) is 0.809. The van der Waals surface area contributed by atoms with Crippen molar-refractivity contribution in [1.82, 2.24) is 14.7 Å². The zero-order valence-electron chi connectivity index (χ0n) is 10.8. The Morgan fingerprint density at radius 3 is 3.06 bits per heavy atom. The molecule has 18 heavy (non-hydrogen) atoms. The molecule has 1 aliphatic rings. The van der Waals surface area contributed by atoms with Gasteiger partial charge in [0.05, 0.1) is 24.4 Å². The molecule has 0 radical (unpaired) electrons. The van der Waals surface area contributed by atoms with E-state index < -0.39 is 0 Å². The first kappa shape index (κ1) is 12.8. The molecule has 0 spiro atoms. The molecule has 0 saturated carbocycles.